The van der Waals surface area contributed by atoms with Gasteiger partial charge in [0.15, 0.2) is 0 Å². The van der Waals surface area contributed by atoms with E-state index in [1.165, 1.54) is 11.3 Å². The highest BCUT2D eigenvalue weighted by Crippen LogP contribution is 2.50. The van der Waals surface area contributed by atoms with Crippen molar-refractivity contribution in [1.82, 2.24) is 0 Å². The predicted molar refractivity (Wildman–Crippen MR) is 81.0 cm³/mol. The molecule has 1 aliphatic rings. The normalized spacial score (nSPS) is 24.9. The molecule has 2 heteroatoms. The first-order valence-electron chi connectivity index (χ1n) is 7.01. The van der Waals surface area contributed by atoms with Crippen LogP contribution in [0.2, 0.25) is 0 Å². The summed E-state index contributed by atoms with van der Waals surface area (Å²) in [6.45, 7) is 9.50. The highest BCUT2D eigenvalue weighted by atomic mass is 32.1. The average molecular weight is 265 g/mol. The zero-order valence-corrected chi connectivity index (χ0v) is 13.1. The Hall–Kier alpha value is -0.340. The minimum absolute atomic E-state index is 0.0231. The molecule has 1 fully saturated rings. The number of nitrogens with two attached hydrogens (primary N) is 1. The van der Waals surface area contributed by atoms with Crippen LogP contribution in [0, 0.1) is 10.8 Å². The van der Waals surface area contributed by atoms with E-state index in [-0.39, 0.29) is 5.54 Å². The van der Waals surface area contributed by atoms with Gasteiger partial charge in [-0.15, -0.1) is 11.3 Å². The minimum Gasteiger partial charge on any atom is -0.325 e. The lowest BCUT2D eigenvalue weighted by Gasteiger charge is -2.50. The van der Waals surface area contributed by atoms with E-state index in [2.05, 4.69) is 45.2 Å². The van der Waals surface area contributed by atoms with Crippen LogP contribution >= 0.6 is 11.3 Å². The standard InChI is InChI=1S/C16H27NS/c1-14(2)10-15(3,4)12-16(17,11-14)8-7-13-6-5-9-18-13/h5-6,9H,7-8,10-12,17H2,1-4H3. The second kappa shape index (κ2) is 4.64. The van der Waals surface area contributed by atoms with E-state index in [0.29, 0.717) is 10.8 Å². The van der Waals surface area contributed by atoms with Gasteiger partial charge in [0, 0.05) is 10.4 Å². The lowest BCUT2D eigenvalue weighted by molar-refractivity contribution is 0.0446. The Bertz CT molecular complexity index is 373. The fourth-order valence-electron chi connectivity index (χ4n) is 4.39. The molecular formula is C16H27NS. The minimum atomic E-state index is 0.0231. The molecule has 1 saturated carbocycles. The van der Waals surface area contributed by atoms with E-state index >= 15 is 0 Å². The molecular weight excluding hydrogens is 238 g/mol. The zero-order chi connectivity index (χ0) is 13.4. The van der Waals surface area contributed by atoms with Crippen molar-refractivity contribution in [3.05, 3.63) is 22.4 Å². The number of aryl methyl sites for hydroxylation is 1. The van der Waals surface area contributed by atoms with E-state index in [1.54, 1.807) is 0 Å². The van der Waals surface area contributed by atoms with E-state index < -0.39 is 0 Å². The Morgan fingerprint density at radius 2 is 1.72 bits per heavy atom. The molecule has 1 aliphatic carbocycles. The third-order valence-corrected chi connectivity index (χ3v) is 5.00. The SMILES string of the molecule is CC1(C)CC(C)(C)CC(N)(CCc2cccs2)C1. The van der Waals surface area contributed by atoms with Crippen LogP contribution in [-0.4, -0.2) is 5.54 Å². The van der Waals surface area contributed by atoms with Gasteiger partial charge in [-0.25, -0.2) is 0 Å². The van der Waals surface area contributed by atoms with Gasteiger partial charge < -0.3 is 5.73 Å². The first-order valence-corrected chi connectivity index (χ1v) is 7.89. The Balaban J connectivity index is 2.05. The van der Waals surface area contributed by atoms with E-state index in [9.17, 15) is 0 Å². The van der Waals surface area contributed by atoms with Crippen molar-refractivity contribution >= 4 is 11.3 Å². The van der Waals surface area contributed by atoms with Gasteiger partial charge in [-0.1, -0.05) is 33.8 Å². The van der Waals surface area contributed by atoms with E-state index in [1.807, 2.05) is 11.3 Å². The third kappa shape index (κ3) is 3.58. The summed E-state index contributed by atoms with van der Waals surface area (Å²) in [5.41, 5.74) is 7.52. The summed E-state index contributed by atoms with van der Waals surface area (Å²) in [5.74, 6) is 0. The van der Waals surface area contributed by atoms with E-state index in [0.717, 1.165) is 25.7 Å². The smallest absolute Gasteiger partial charge is 0.0168 e. The number of hydrogen-bond donors (Lipinski definition) is 1. The first-order chi connectivity index (χ1) is 8.20. The van der Waals surface area contributed by atoms with Crippen molar-refractivity contribution in [3.63, 3.8) is 0 Å². The molecule has 0 spiro atoms. The summed E-state index contributed by atoms with van der Waals surface area (Å²) in [6, 6.07) is 4.37. The summed E-state index contributed by atoms with van der Waals surface area (Å²) in [7, 11) is 0. The molecule has 1 aromatic heterocycles. The largest absolute Gasteiger partial charge is 0.325 e. The lowest BCUT2D eigenvalue weighted by atomic mass is 9.58. The Labute approximate surface area is 116 Å². The molecule has 18 heavy (non-hydrogen) atoms. The summed E-state index contributed by atoms with van der Waals surface area (Å²) in [4.78, 5) is 1.47. The quantitative estimate of drug-likeness (QED) is 0.848. The zero-order valence-electron chi connectivity index (χ0n) is 12.3. The van der Waals surface area contributed by atoms with Gasteiger partial charge in [0.25, 0.3) is 0 Å². The molecule has 2 rings (SSSR count). The molecule has 102 valence electrons. The highest BCUT2D eigenvalue weighted by Gasteiger charge is 2.44. The van der Waals surface area contributed by atoms with Crippen molar-refractivity contribution in [3.8, 4) is 0 Å². The van der Waals surface area contributed by atoms with E-state index in [4.69, 9.17) is 5.73 Å². The average Bonchev–Trinajstić information content (AvgIpc) is 2.60. The lowest BCUT2D eigenvalue weighted by Crippen LogP contribution is -2.52. The number of rotatable bonds is 3. The highest BCUT2D eigenvalue weighted by molar-refractivity contribution is 7.09. The summed E-state index contributed by atoms with van der Waals surface area (Å²) < 4.78 is 0. The van der Waals surface area contributed by atoms with Crippen LogP contribution in [0.15, 0.2) is 17.5 Å². The molecule has 1 nitrogen and oxygen atoms in total. The topological polar surface area (TPSA) is 26.0 Å². The summed E-state index contributed by atoms with van der Waals surface area (Å²) in [6.07, 6.45) is 5.88. The van der Waals surface area contributed by atoms with Gasteiger partial charge in [-0.05, 0) is 54.4 Å². The van der Waals surface area contributed by atoms with Crippen LogP contribution in [-0.2, 0) is 6.42 Å². The van der Waals surface area contributed by atoms with Gasteiger partial charge >= 0.3 is 0 Å². The molecule has 0 radical (unpaired) electrons. The maximum Gasteiger partial charge on any atom is 0.0168 e. The van der Waals surface area contributed by atoms with Gasteiger partial charge in [-0.2, -0.15) is 0 Å². The molecule has 0 saturated heterocycles. The van der Waals surface area contributed by atoms with Crippen LogP contribution in [0.5, 0.6) is 0 Å². The van der Waals surface area contributed by atoms with Gasteiger partial charge in [0.1, 0.15) is 0 Å². The van der Waals surface area contributed by atoms with Crippen LogP contribution in [0.3, 0.4) is 0 Å². The molecule has 0 amide bonds. The molecule has 0 bridgehead atoms. The molecule has 2 N–H and O–H groups in total. The molecule has 1 heterocycles. The van der Waals surface area contributed by atoms with Crippen molar-refractivity contribution in [2.75, 3.05) is 0 Å². The van der Waals surface area contributed by atoms with Crippen molar-refractivity contribution in [1.29, 1.82) is 0 Å². The number of hydrogen-bond acceptors (Lipinski definition) is 2. The Kier molecular flexibility index (Phi) is 3.63. The van der Waals surface area contributed by atoms with Crippen LogP contribution in [0.1, 0.15) is 58.3 Å². The second-order valence-electron chi connectivity index (χ2n) is 7.80. The molecule has 0 aliphatic heterocycles. The predicted octanol–water partition coefficient (Wildman–Crippen LogP) is 4.61. The Morgan fingerprint density at radius 1 is 1.11 bits per heavy atom. The maximum atomic E-state index is 6.73. The second-order valence-corrected chi connectivity index (χ2v) is 8.83. The third-order valence-electron chi connectivity index (χ3n) is 4.07. The first kappa shape index (κ1) is 14.1. The molecule has 0 unspecified atom stereocenters. The van der Waals surface area contributed by atoms with Crippen molar-refractivity contribution in [2.45, 2.75) is 65.3 Å². The van der Waals surface area contributed by atoms with Crippen LogP contribution in [0.4, 0.5) is 0 Å². The fourth-order valence-corrected chi connectivity index (χ4v) is 5.10. The van der Waals surface area contributed by atoms with Crippen LogP contribution in [0.25, 0.3) is 0 Å². The fraction of sp³-hybridized carbons (Fsp3) is 0.750. The molecule has 0 aromatic carbocycles. The van der Waals surface area contributed by atoms with Gasteiger partial charge in [0.2, 0.25) is 0 Å². The van der Waals surface area contributed by atoms with Crippen LogP contribution < -0.4 is 5.73 Å². The number of thiophene rings is 1. The molecule has 1 aromatic rings. The van der Waals surface area contributed by atoms with Crippen molar-refractivity contribution in [2.24, 2.45) is 16.6 Å². The van der Waals surface area contributed by atoms with Crippen molar-refractivity contribution < 1.29 is 0 Å². The summed E-state index contributed by atoms with van der Waals surface area (Å²) >= 11 is 1.85. The van der Waals surface area contributed by atoms with Gasteiger partial charge in [0.05, 0.1) is 0 Å². The Morgan fingerprint density at radius 3 is 2.22 bits per heavy atom. The molecule has 0 atom stereocenters. The summed E-state index contributed by atoms with van der Waals surface area (Å²) in [5, 5.41) is 2.16. The monoisotopic (exact) mass is 265 g/mol. The van der Waals surface area contributed by atoms with Gasteiger partial charge in [-0.3, -0.25) is 0 Å². The maximum absolute atomic E-state index is 6.73.